The van der Waals surface area contributed by atoms with Gasteiger partial charge in [-0.15, -0.1) is 0 Å². The van der Waals surface area contributed by atoms with Crippen molar-refractivity contribution in [2.75, 3.05) is 7.11 Å². The van der Waals surface area contributed by atoms with Gasteiger partial charge in [-0.2, -0.15) is 0 Å². The number of carbonyl (C=O) groups is 1. The third-order valence-electron chi connectivity index (χ3n) is 3.01. The molecule has 1 N–H and O–H groups in total. The molecule has 1 heterocycles. The first-order valence-corrected chi connectivity index (χ1v) is 6.65. The summed E-state index contributed by atoms with van der Waals surface area (Å²) in [6.07, 6.45) is 1.39. The maximum absolute atomic E-state index is 13.7. The normalized spacial score (nSPS) is 11.8. The molecule has 1 aromatic carbocycles. The fourth-order valence-electron chi connectivity index (χ4n) is 1.83. The number of nitrogens with one attached hydrogen (secondary N) is 1. The van der Waals surface area contributed by atoms with Gasteiger partial charge in [-0.3, -0.25) is 4.79 Å². The summed E-state index contributed by atoms with van der Waals surface area (Å²) in [5.41, 5.74) is 1.03. The highest BCUT2D eigenvalue weighted by Gasteiger charge is 2.13. The van der Waals surface area contributed by atoms with Crippen molar-refractivity contribution in [2.45, 2.75) is 13.0 Å². The Morgan fingerprint density at radius 3 is 2.71 bits per heavy atom. The molecule has 1 aromatic heterocycles. The van der Waals surface area contributed by atoms with Gasteiger partial charge in [0.05, 0.1) is 18.7 Å². The Hall–Kier alpha value is -2.14. The highest BCUT2D eigenvalue weighted by Crippen LogP contribution is 2.22. The first-order valence-electron chi connectivity index (χ1n) is 6.27. The molecule has 0 spiro atoms. The molecule has 110 valence electrons. The van der Waals surface area contributed by atoms with Gasteiger partial charge in [0.1, 0.15) is 5.15 Å². The smallest absolute Gasteiger partial charge is 0.253 e. The number of methoxy groups -OCH3 is 1. The van der Waals surface area contributed by atoms with Crippen LogP contribution >= 0.6 is 11.6 Å². The van der Waals surface area contributed by atoms with Crippen molar-refractivity contribution >= 4 is 17.5 Å². The number of ether oxygens (including phenoxy) is 1. The summed E-state index contributed by atoms with van der Waals surface area (Å²) in [6.45, 7) is 1.77. The SMILES string of the molecule is COc1ccc([C@@H](C)NC(=O)c2ccc(Cl)nc2)cc1F. The van der Waals surface area contributed by atoms with Crippen LogP contribution in [-0.4, -0.2) is 18.0 Å². The Bertz CT molecular complexity index is 647. The van der Waals surface area contributed by atoms with Crippen molar-refractivity contribution in [3.63, 3.8) is 0 Å². The molecule has 21 heavy (non-hydrogen) atoms. The van der Waals surface area contributed by atoms with Crippen LogP contribution < -0.4 is 10.1 Å². The molecule has 1 atom stereocenters. The van der Waals surface area contributed by atoms with Crippen LogP contribution in [0.15, 0.2) is 36.5 Å². The highest BCUT2D eigenvalue weighted by atomic mass is 35.5. The molecule has 0 saturated carbocycles. The van der Waals surface area contributed by atoms with E-state index >= 15 is 0 Å². The van der Waals surface area contributed by atoms with Crippen LogP contribution in [0.4, 0.5) is 4.39 Å². The standard InChI is InChI=1S/C15H14ClFN2O2/c1-9(10-3-5-13(21-2)12(17)7-10)19-15(20)11-4-6-14(16)18-8-11/h3-9H,1-2H3,(H,19,20)/t9-/m1/s1. The van der Waals surface area contributed by atoms with Crippen LogP contribution in [0.5, 0.6) is 5.75 Å². The largest absolute Gasteiger partial charge is 0.494 e. The first kappa shape index (κ1) is 15.3. The molecule has 0 bridgehead atoms. The zero-order valence-corrected chi connectivity index (χ0v) is 12.3. The molecule has 0 unspecified atom stereocenters. The molecular formula is C15H14ClFN2O2. The molecule has 2 rings (SSSR count). The number of benzene rings is 1. The van der Waals surface area contributed by atoms with Crippen molar-refractivity contribution < 1.29 is 13.9 Å². The second kappa shape index (κ2) is 6.54. The molecule has 2 aromatic rings. The topological polar surface area (TPSA) is 51.2 Å². The van der Waals surface area contributed by atoms with Gasteiger partial charge in [0.15, 0.2) is 11.6 Å². The number of carbonyl (C=O) groups excluding carboxylic acids is 1. The lowest BCUT2D eigenvalue weighted by molar-refractivity contribution is 0.0939. The molecule has 0 aliphatic carbocycles. The Balaban J connectivity index is 2.10. The van der Waals surface area contributed by atoms with Crippen LogP contribution in [0.25, 0.3) is 0 Å². The summed E-state index contributed by atoms with van der Waals surface area (Å²) >= 11 is 5.67. The highest BCUT2D eigenvalue weighted by molar-refractivity contribution is 6.29. The summed E-state index contributed by atoms with van der Waals surface area (Å²) in [5, 5.41) is 3.08. The third-order valence-corrected chi connectivity index (χ3v) is 3.24. The van der Waals surface area contributed by atoms with Gasteiger partial charge in [-0.05, 0) is 36.8 Å². The second-order valence-electron chi connectivity index (χ2n) is 4.46. The number of rotatable bonds is 4. The van der Waals surface area contributed by atoms with E-state index in [2.05, 4.69) is 10.3 Å². The maximum Gasteiger partial charge on any atom is 0.253 e. The molecule has 1 amide bonds. The van der Waals surface area contributed by atoms with Crippen LogP contribution in [-0.2, 0) is 0 Å². The van der Waals surface area contributed by atoms with Crippen LogP contribution in [0.2, 0.25) is 5.15 Å². The predicted molar refractivity (Wildman–Crippen MR) is 78.1 cm³/mol. The predicted octanol–water partition coefficient (Wildman–Crippen LogP) is 3.37. The average Bonchev–Trinajstić information content (AvgIpc) is 2.47. The Kier molecular flexibility index (Phi) is 4.75. The van der Waals surface area contributed by atoms with E-state index in [1.54, 1.807) is 19.1 Å². The number of halogens is 2. The maximum atomic E-state index is 13.7. The van der Waals surface area contributed by atoms with Crippen molar-refractivity contribution in [3.8, 4) is 5.75 Å². The van der Waals surface area contributed by atoms with Crippen LogP contribution in [0, 0.1) is 5.82 Å². The Morgan fingerprint density at radius 1 is 1.38 bits per heavy atom. The summed E-state index contributed by atoms with van der Waals surface area (Å²) in [7, 11) is 1.40. The minimum Gasteiger partial charge on any atom is -0.494 e. The van der Waals surface area contributed by atoms with Crippen molar-refractivity contribution in [3.05, 3.63) is 58.6 Å². The summed E-state index contributed by atoms with van der Waals surface area (Å²) in [6, 6.07) is 7.32. The molecule has 0 fully saturated rings. The third kappa shape index (κ3) is 3.70. The Labute approximate surface area is 126 Å². The molecule has 0 saturated heterocycles. The van der Waals surface area contributed by atoms with Gasteiger partial charge < -0.3 is 10.1 Å². The zero-order chi connectivity index (χ0) is 15.4. The molecular weight excluding hydrogens is 295 g/mol. The number of amides is 1. The number of hydrogen-bond acceptors (Lipinski definition) is 3. The zero-order valence-electron chi connectivity index (χ0n) is 11.6. The summed E-state index contributed by atoms with van der Waals surface area (Å²) in [4.78, 5) is 15.9. The fraction of sp³-hybridized carbons (Fsp3) is 0.200. The lowest BCUT2D eigenvalue weighted by Crippen LogP contribution is -2.26. The van der Waals surface area contributed by atoms with Gasteiger partial charge in [-0.25, -0.2) is 9.37 Å². The molecule has 4 nitrogen and oxygen atoms in total. The van der Waals surface area contributed by atoms with Gasteiger partial charge in [-0.1, -0.05) is 17.7 Å². The fourth-order valence-corrected chi connectivity index (χ4v) is 1.94. The van der Waals surface area contributed by atoms with Gasteiger partial charge >= 0.3 is 0 Å². The minimum atomic E-state index is -0.468. The van der Waals surface area contributed by atoms with Gasteiger partial charge in [0, 0.05) is 6.20 Å². The van der Waals surface area contributed by atoms with E-state index in [1.807, 2.05) is 0 Å². The van der Waals surface area contributed by atoms with E-state index in [-0.39, 0.29) is 17.7 Å². The molecule has 0 radical (unpaired) electrons. The number of hydrogen-bond donors (Lipinski definition) is 1. The summed E-state index contributed by atoms with van der Waals surface area (Å²) < 4.78 is 18.5. The minimum absolute atomic E-state index is 0.166. The Morgan fingerprint density at radius 2 is 2.14 bits per heavy atom. The van der Waals surface area contributed by atoms with Gasteiger partial charge in [0.25, 0.3) is 5.91 Å². The monoisotopic (exact) mass is 308 g/mol. The van der Waals surface area contributed by atoms with Gasteiger partial charge in [0.2, 0.25) is 0 Å². The quantitative estimate of drug-likeness (QED) is 0.881. The van der Waals surface area contributed by atoms with E-state index in [4.69, 9.17) is 16.3 Å². The number of nitrogens with zero attached hydrogens (tertiary/aromatic N) is 1. The lowest BCUT2D eigenvalue weighted by atomic mass is 10.1. The molecule has 0 aliphatic heterocycles. The van der Waals surface area contributed by atoms with Crippen LogP contribution in [0.1, 0.15) is 28.9 Å². The molecule has 6 heteroatoms. The molecule has 0 aliphatic rings. The van der Waals surface area contributed by atoms with E-state index < -0.39 is 5.82 Å². The van der Waals surface area contributed by atoms with Crippen molar-refractivity contribution in [1.82, 2.24) is 10.3 Å². The van der Waals surface area contributed by atoms with E-state index in [1.165, 1.54) is 31.5 Å². The number of aromatic nitrogens is 1. The number of pyridine rings is 1. The lowest BCUT2D eigenvalue weighted by Gasteiger charge is -2.15. The second-order valence-corrected chi connectivity index (χ2v) is 4.85. The summed E-state index contributed by atoms with van der Waals surface area (Å²) in [5.74, 6) is -0.605. The van der Waals surface area contributed by atoms with E-state index in [0.717, 1.165) is 0 Å². The average molecular weight is 309 g/mol. The van der Waals surface area contributed by atoms with Crippen molar-refractivity contribution in [1.29, 1.82) is 0 Å². The van der Waals surface area contributed by atoms with E-state index in [9.17, 15) is 9.18 Å². The van der Waals surface area contributed by atoms with Crippen molar-refractivity contribution in [2.24, 2.45) is 0 Å². The van der Waals surface area contributed by atoms with E-state index in [0.29, 0.717) is 16.3 Å². The first-order chi connectivity index (χ1) is 10.0. The van der Waals surface area contributed by atoms with Crippen LogP contribution in [0.3, 0.4) is 0 Å².